The van der Waals surface area contributed by atoms with Crippen molar-refractivity contribution in [3.63, 3.8) is 0 Å². The number of fused-ring (bicyclic) bond motifs is 1. The molecule has 158 valence electrons. The van der Waals surface area contributed by atoms with Crippen LogP contribution in [0, 0.1) is 0 Å². The van der Waals surface area contributed by atoms with E-state index in [1.54, 1.807) is 19.3 Å². The zero-order valence-electron chi connectivity index (χ0n) is 17.3. The summed E-state index contributed by atoms with van der Waals surface area (Å²) in [5.74, 6) is 0.806. The number of pyridine rings is 2. The SMILES string of the molecule is CC(=O)N1CCCN(c2nccc(-c3c[nH]c4ncc(-c5cccnc5)cc34)n2)CC1.[HH]. The molecule has 0 unspecified atom stereocenters. The first-order valence-corrected chi connectivity index (χ1v) is 10.4. The van der Waals surface area contributed by atoms with E-state index in [4.69, 9.17) is 4.98 Å². The quantitative estimate of drug-likeness (QED) is 0.552. The highest BCUT2D eigenvalue weighted by molar-refractivity contribution is 5.94. The highest BCUT2D eigenvalue weighted by atomic mass is 16.2. The second kappa shape index (κ2) is 8.14. The van der Waals surface area contributed by atoms with E-state index in [0.29, 0.717) is 12.5 Å². The number of aromatic nitrogens is 5. The van der Waals surface area contributed by atoms with Gasteiger partial charge in [-0.05, 0) is 24.6 Å². The van der Waals surface area contributed by atoms with Gasteiger partial charge in [-0.15, -0.1) is 0 Å². The second-order valence-corrected chi connectivity index (χ2v) is 7.65. The Morgan fingerprint density at radius 3 is 2.84 bits per heavy atom. The monoisotopic (exact) mass is 415 g/mol. The van der Waals surface area contributed by atoms with Crippen LogP contribution in [0.1, 0.15) is 14.8 Å². The van der Waals surface area contributed by atoms with Crippen molar-refractivity contribution < 1.29 is 6.22 Å². The molecule has 5 rings (SSSR count). The summed E-state index contributed by atoms with van der Waals surface area (Å²) < 4.78 is 0. The van der Waals surface area contributed by atoms with E-state index in [2.05, 4.69) is 30.9 Å². The molecule has 8 heteroatoms. The number of anilines is 1. The van der Waals surface area contributed by atoms with E-state index in [-0.39, 0.29) is 7.33 Å². The molecule has 1 fully saturated rings. The average molecular weight is 416 g/mol. The predicted octanol–water partition coefficient (Wildman–Crippen LogP) is 3.39. The Balaban J connectivity index is 0.00000245. The van der Waals surface area contributed by atoms with Crippen LogP contribution < -0.4 is 4.90 Å². The summed E-state index contributed by atoms with van der Waals surface area (Å²) in [6, 6.07) is 7.98. The molecule has 4 aromatic heterocycles. The summed E-state index contributed by atoms with van der Waals surface area (Å²) in [5.41, 5.74) is 4.67. The van der Waals surface area contributed by atoms with Gasteiger partial charge in [0, 0.05) is 87.6 Å². The number of nitrogens with one attached hydrogen (secondary N) is 1. The molecular formula is C23H25N7O. The summed E-state index contributed by atoms with van der Waals surface area (Å²) in [7, 11) is 0. The van der Waals surface area contributed by atoms with Crippen LogP contribution in [0.25, 0.3) is 33.4 Å². The Kier molecular flexibility index (Phi) is 5.03. The minimum atomic E-state index is 0. The summed E-state index contributed by atoms with van der Waals surface area (Å²) in [6.07, 6.45) is 10.1. The minimum Gasteiger partial charge on any atom is -0.345 e. The molecule has 1 amide bonds. The smallest absolute Gasteiger partial charge is 0.225 e. The molecule has 1 saturated heterocycles. The molecule has 0 aliphatic carbocycles. The molecule has 0 bridgehead atoms. The number of aromatic amines is 1. The molecule has 1 N–H and O–H groups in total. The zero-order valence-corrected chi connectivity index (χ0v) is 17.3. The van der Waals surface area contributed by atoms with Crippen LogP contribution in [-0.4, -0.2) is 61.9 Å². The number of carbonyl (C=O) groups is 1. The van der Waals surface area contributed by atoms with Gasteiger partial charge in [-0.1, -0.05) is 6.07 Å². The van der Waals surface area contributed by atoms with Crippen LogP contribution in [0.15, 0.2) is 55.2 Å². The second-order valence-electron chi connectivity index (χ2n) is 7.65. The fraction of sp³-hybridized carbons (Fsp3) is 0.261. The standard InChI is InChI=1S/C23H23N7O.H2/c1-16(31)29-8-3-9-30(11-10-29)23-25-7-5-21(28-23)20-15-27-22-19(20)12-18(14-26-22)17-4-2-6-24-13-17;/h2,4-7,12-15H,3,8-11H2,1H3,(H,26,27);1H. The number of nitrogens with zero attached hydrogens (tertiary/aromatic N) is 6. The largest absolute Gasteiger partial charge is 0.345 e. The third-order valence-electron chi connectivity index (χ3n) is 5.67. The number of hydrogen-bond acceptors (Lipinski definition) is 6. The Bertz CT molecular complexity index is 1230. The topological polar surface area (TPSA) is 90.9 Å². The number of H-pyrrole nitrogens is 1. The third-order valence-corrected chi connectivity index (χ3v) is 5.67. The molecule has 0 spiro atoms. The molecule has 1 aliphatic heterocycles. The highest BCUT2D eigenvalue weighted by Gasteiger charge is 2.19. The van der Waals surface area contributed by atoms with Crippen LogP contribution in [0.4, 0.5) is 5.95 Å². The van der Waals surface area contributed by atoms with Crippen molar-refractivity contribution in [1.29, 1.82) is 0 Å². The van der Waals surface area contributed by atoms with Crippen molar-refractivity contribution in [1.82, 2.24) is 29.8 Å². The van der Waals surface area contributed by atoms with E-state index in [0.717, 1.165) is 59.5 Å². The first kappa shape index (κ1) is 19.2. The molecular weight excluding hydrogens is 390 g/mol. The molecule has 5 heterocycles. The van der Waals surface area contributed by atoms with Crippen molar-refractivity contribution in [3.8, 4) is 22.4 Å². The maximum absolute atomic E-state index is 11.7. The summed E-state index contributed by atoms with van der Waals surface area (Å²) >= 11 is 0. The lowest BCUT2D eigenvalue weighted by atomic mass is 10.1. The van der Waals surface area contributed by atoms with Crippen molar-refractivity contribution in [2.75, 3.05) is 31.1 Å². The third kappa shape index (κ3) is 3.84. The molecule has 0 atom stereocenters. The first-order chi connectivity index (χ1) is 15.2. The van der Waals surface area contributed by atoms with Crippen molar-refractivity contribution in [2.45, 2.75) is 13.3 Å². The van der Waals surface area contributed by atoms with Gasteiger partial charge in [-0.25, -0.2) is 15.0 Å². The number of carbonyl (C=O) groups excluding carboxylic acids is 1. The van der Waals surface area contributed by atoms with Crippen molar-refractivity contribution in [2.24, 2.45) is 0 Å². The van der Waals surface area contributed by atoms with Gasteiger partial charge in [0.15, 0.2) is 0 Å². The first-order valence-electron chi connectivity index (χ1n) is 10.4. The van der Waals surface area contributed by atoms with E-state index in [1.807, 2.05) is 41.7 Å². The maximum Gasteiger partial charge on any atom is 0.225 e. The molecule has 4 aromatic rings. The van der Waals surface area contributed by atoms with Crippen LogP contribution in [0.2, 0.25) is 0 Å². The summed E-state index contributed by atoms with van der Waals surface area (Å²) in [5, 5.41) is 1.00. The minimum absolute atomic E-state index is 0. The Morgan fingerprint density at radius 2 is 2.00 bits per heavy atom. The molecule has 0 radical (unpaired) electrons. The highest BCUT2D eigenvalue weighted by Crippen LogP contribution is 2.30. The average Bonchev–Trinajstić information content (AvgIpc) is 3.06. The van der Waals surface area contributed by atoms with Crippen LogP contribution in [0.3, 0.4) is 0 Å². The lowest BCUT2D eigenvalue weighted by Crippen LogP contribution is -2.34. The number of amides is 1. The van der Waals surface area contributed by atoms with E-state index < -0.39 is 0 Å². The lowest BCUT2D eigenvalue weighted by Gasteiger charge is -2.21. The predicted molar refractivity (Wildman–Crippen MR) is 122 cm³/mol. The van der Waals surface area contributed by atoms with Crippen LogP contribution >= 0.6 is 0 Å². The molecule has 1 aliphatic rings. The fourth-order valence-electron chi connectivity index (χ4n) is 3.99. The van der Waals surface area contributed by atoms with Gasteiger partial charge in [0.25, 0.3) is 0 Å². The van der Waals surface area contributed by atoms with E-state index in [9.17, 15) is 4.79 Å². The van der Waals surface area contributed by atoms with E-state index >= 15 is 0 Å². The molecule has 31 heavy (non-hydrogen) atoms. The Morgan fingerprint density at radius 1 is 1.06 bits per heavy atom. The van der Waals surface area contributed by atoms with Gasteiger partial charge >= 0.3 is 0 Å². The Labute approximate surface area is 181 Å². The van der Waals surface area contributed by atoms with Gasteiger partial charge in [0.1, 0.15) is 5.65 Å². The zero-order chi connectivity index (χ0) is 21.2. The van der Waals surface area contributed by atoms with Gasteiger partial charge < -0.3 is 14.8 Å². The normalized spacial score (nSPS) is 14.6. The fourth-order valence-corrected chi connectivity index (χ4v) is 3.99. The number of hydrogen-bond donors (Lipinski definition) is 1. The summed E-state index contributed by atoms with van der Waals surface area (Å²) in [6.45, 7) is 4.64. The van der Waals surface area contributed by atoms with Crippen molar-refractivity contribution in [3.05, 3.63) is 55.2 Å². The van der Waals surface area contributed by atoms with Crippen LogP contribution in [0.5, 0.6) is 0 Å². The van der Waals surface area contributed by atoms with Crippen LogP contribution in [-0.2, 0) is 4.79 Å². The molecule has 0 aromatic carbocycles. The molecule has 8 nitrogen and oxygen atoms in total. The van der Waals surface area contributed by atoms with E-state index in [1.165, 1.54) is 0 Å². The number of rotatable bonds is 3. The van der Waals surface area contributed by atoms with Crippen molar-refractivity contribution >= 4 is 22.9 Å². The summed E-state index contributed by atoms with van der Waals surface area (Å²) in [4.78, 5) is 37.2. The molecule has 0 saturated carbocycles. The van der Waals surface area contributed by atoms with Gasteiger partial charge in [-0.2, -0.15) is 0 Å². The van der Waals surface area contributed by atoms with Gasteiger partial charge in [-0.3, -0.25) is 9.78 Å². The van der Waals surface area contributed by atoms with Gasteiger partial charge in [0.05, 0.1) is 5.69 Å². The Hall–Kier alpha value is -3.81. The van der Waals surface area contributed by atoms with Gasteiger partial charge in [0.2, 0.25) is 11.9 Å². The lowest BCUT2D eigenvalue weighted by molar-refractivity contribution is -0.128. The maximum atomic E-state index is 11.7.